The SMILES string of the molecule is O=c1[nH]nc(-c2ccccc2)c2c1Nc1nnnn1[C@H]2c1ccccc1F. The predicted molar refractivity (Wildman–Crippen MR) is 95.0 cm³/mol. The normalized spacial score (nSPS) is 14.9. The van der Waals surface area contributed by atoms with Crippen LogP contribution in [0.4, 0.5) is 16.0 Å². The van der Waals surface area contributed by atoms with Crippen LogP contribution in [0.2, 0.25) is 0 Å². The van der Waals surface area contributed by atoms with E-state index in [-0.39, 0.29) is 11.6 Å². The summed E-state index contributed by atoms with van der Waals surface area (Å²) in [4.78, 5) is 12.5. The van der Waals surface area contributed by atoms with Gasteiger partial charge in [-0.1, -0.05) is 53.6 Å². The van der Waals surface area contributed by atoms with E-state index in [0.29, 0.717) is 16.8 Å². The average Bonchev–Trinajstić information content (AvgIpc) is 3.17. The summed E-state index contributed by atoms with van der Waals surface area (Å²) in [6, 6.07) is 15.0. The molecular formula is C18H12FN7O. The molecule has 132 valence electrons. The minimum atomic E-state index is -0.738. The molecule has 0 saturated heterocycles. The predicted octanol–water partition coefficient (Wildman–Crippen LogP) is 2.26. The lowest BCUT2D eigenvalue weighted by atomic mass is 9.92. The Morgan fingerprint density at radius 2 is 1.81 bits per heavy atom. The minimum Gasteiger partial charge on any atom is -0.318 e. The van der Waals surface area contributed by atoms with Crippen molar-refractivity contribution in [3.8, 4) is 11.3 Å². The van der Waals surface area contributed by atoms with Gasteiger partial charge in [-0.3, -0.25) is 4.79 Å². The van der Waals surface area contributed by atoms with E-state index in [1.807, 2.05) is 30.3 Å². The number of benzene rings is 2. The maximum atomic E-state index is 14.7. The van der Waals surface area contributed by atoms with Crippen LogP contribution in [0.15, 0.2) is 59.4 Å². The molecule has 2 aromatic carbocycles. The Bertz CT molecular complexity index is 1200. The van der Waals surface area contributed by atoms with E-state index >= 15 is 0 Å². The monoisotopic (exact) mass is 361 g/mol. The van der Waals surface area contributed by atoms with Crippen LogP contribution in [0.25, 0.3) is 11.3 Å². The maximum Gasteiger partial charge on any atom is 0.288 e. The highest BCUT2D eigenvalue weighted by Crippen LogP contribution is 2.41. The molecule has 0 amide bonds. The Morgan fingerprint density at radius 3 is 2.63 bits per heavy atom. The van der Waals surface area contributed by atoms with Crippen molar-refractivity contribution in [3.05, 3.63) is 81.9 Å². The number of aromatic nitrogens is 6. The molecule has 0 radical (unpaired) electrons. The molecule has 1 aliphatic heterocycles. The van der Waals surface area contributed by atoms with Crippen molar-refractivity contribution in [1.29, 1.82) is 0 Å². The summed E-state index contributed by atoms with van der Waals surface area (Å²) < 4.78 is 16.1. The van der Waals surface area contributed by atoms with Gasteiger partial charge in [0.05, 0.1) is 5.69 Å². The molecular weight excluding hydrogens is 349 g/mol. The number of rotatable bonds is 2. The Balaban J connectivity index is 1.86. The van der Waals surface area contributed by atoms with E-state index in [9.17, 15) is 9.18 Å². The summed E-state index contributed by atoms with van der Waals surface area (Å²) in [5, 5.41) is 21.3. The highest BCUT2D eigenvalue weighted by atomic mass is 19.1. The molecule has 2 N–H and O–H groups in total. The molecule has 3 heterocycles. The van der Waals surface area contributed by atoms with E-state index in [1.54, 1.807) is 18.2 Å². The van der Waals surface area contributed by atoms with Crippen molar-refractivity contribution >= 4 is 11.6 Å². The summed E-state index contributed by atoms with van der Waals surface area (Å²) >= 11 is 0. The lowest BCUT2D eigenvalue weighted by Gasteiger charge is -2.28. The van der Waals surface area contributed by atoms with Crippen molar-refractivity contribution in [2.45, 2.75) is 6.04 Å². The van der Waals surface area contributed by atoms with Gasteiger partial charge in [0.2, 0.25) is 5.95 Å². The minimum absolute atomic E-state index is 0.249. The van der Waals surface area contributed by atoms with E-state index in [4.69, 9.17) is 0 Å². The summed E-state index contributed by atoms with van der Waals surface area (Å²) in [5.74, 6) is -0.164. The van der Waals surface area contributed by atoms with Crippen LogP contribution in [-0.2, 0) is 0 Å². The first-order valence-corrected chi connectivity index (χ1v) is 8.21. The molecule has 0 aliphatic carbocycles. The molecule has 0 fully saturated rings. The van der Waals surface area contributed by atoms with Crippen LogP contribution in [0, 0.1) is 5.82 Å². The van der Waals surface area contributed by atoms with Gasteiger partial charge in [-0.25, -0.2) is 9.49 Å². The lowest BCUT2D eigenvalue weighted by molar-refractivity contribution is 0.527. The first kappa shape index (κ1) is 15.4. The molecule has 4 aromatic rings. The number of hydrogen-bond acceptors (Lipinski definition) is 6. The second-order valence-electron chi connectivity index (χ2n) is 6.05. The average molecular weight is 361 g/mol. The van der Waals surface area contributed by atoms with E-state index in [0.717, 1.165) is 5.56 Å². The maximum absolute atomic E-state index is 14.7. The topological polar surface area (TPSA) is 101 Å². The number of anilines is 2. The van der Waals surface area contributed by atoms with Gasteiger partial charge in [0.25, 0.3) is 5.56 Å². The first-order chi connectivity index (χ1) is 13.2. The molecule has 9 heteroatoms. The summed E-state index contributed by atoms with van der Waals surface area (Å²) in [5.41, 5.74) is 1.98. The van der Waals surface area contributed by atoms with E-state index < -0.39 is 17.4 Å². The molecule has 27 heavy (non-hydrogen) atoms. The van der Waals surface area contributed by atoms with Crippen molar-refractivity contribution in [1.82, 2.24) is 30.4 Å². The fraction of sp³-hybridized carbons (Fsp3) is 0.0556. The van der Waals surface area contributed by atoms with Gasteiger partial charge < -0.3 is 5.32 Å². The number of fused-ring (bicyclic) bond motifs is 2. The highest BCUT2D eigenvalue weighted by molar-refractivity contribution is 5.75. The quantitative estimate of drug-likeness (QED) is 0.500. The van der Waals surface area contributed by atoms with Crippen LogP contribution in [0.1, 0.15) is 17.2 Å². The summed E-state index contributed by atoms with van der Waals surface area (Å²) in [6.07, 6.45) is 0. The number of hydrogen-bond donors (Lipinski definition) is 2. The second-order valence-corrected chi connectivity index (χ2v) is 6.05. The van der Waals surface area contributed by atoms with Crippen LogP contribution >= 0.6 is 0 Å². The van der Waals surface area contributed by atoms with Gasteiger partial charge in [0, 0.05) is 16.7 Å². The molecule has 0 saturated carbocycles. The zero-order valence-electron chi connectivity index (χ0n) is 13.8. The van der Waals surface area contributed by atoms with E-state index in [2.05, 4.69) is 31.0 Å². The number of nitrogens with zero attached hydrogens (tertiary/aromatic N) is 5. The van der Waals surface area contributed by atoms with Gasteiger partial charge in [-0.05, 0) is 16.5 Å². The third kappa shape index (κ3) is 2.32. The molecule has 0 bridgehead atoms. The fourth-order valence-corrected chi connectivity index (χ4v) is 3.34. The molecule has 5 rings (SSSR count). The van der Waals surface area contributed by atoms with Gasteiger partial charge in [0.15, 0.2) is 0 Å². The van der Waals surface area contributed by atoms with Crippen molar-refractivity contribution in [2.24, 2.45) is 0 Å². The smallest absolute Gasteiger partial charge is 0.288 e. The van der Waals surface area contributed by atoms with Crippen molar-refractivity contribution in [3.63, 3.8) is 0 Å². The third-order valence-corrected chi connectivity index (χ3v) is 4.52. The van der Waals surface area contributed by atoms with Crippen LogP contribution < -0.4 is 10.9 Å². The lowest BCUT2D eigenvalue weighted by Crippen LogP contribution is -2.29. The zero-order chi connectivity index (χ0) is 18.4. The standard InChI is InChI=1S/C18H12FN7O/c19-12-9-5-4-8-11(12)16-13-14(10-6-2-1-3-7-10)21-22-17(27)15(13)20-18-23-24-25-26(16)18/h1-9,16H,(H,22,27)(H,20,23,25)/t16-/m0/s1. The third-order valence-electron chi connectivity index (χ3n) is 4.52. The Labute approximate surface area is 151 Å². The van der Waals surface area contributed by atoms with Gasteiger partial charge >= 0.3 is 0 Å². The number of H-pyrrole nitrogens is 1. The van der Waals surface area contributed by atoms with Gasteiger partial charge in [0.1, 0.15) is 17.5 Å². The first-order valence-electron chi connectivity index (χ1n) is 8.21. The van der Waals surface area contributed by atoms with Crippen molar-refractivity contribution < 1.29 is 4.39 Å². The molecule has 0 unspecified atom stereocenters. The van der Waals surface area contributed by atoms with Gasteiger partial charge in [-0.2, -0.15) is 9.78 Å². The molecule has 2 aromatic heterocycles. The summed E-state index contributed by atoms with van der Waals surface area (Å²) in [7, 11) is 0. The number of nitrogens with one attached hydrogen (secondary N) is 2. The second kappa shape index (κ2) is 5.84. The van der Waals surface area contributed by atoms with Crippen LogP contribution in [0.3, 0.4) is 0 Å². The molecule has 1 aliphatic rings. The molecule has 8 nitrogen and oxygen atoms in total. The Morgan fingerprint density at radius 1 is 1.04 bits per heavy atom. The zero-order valence-corrected chi connectivity index (χ0v) is 13.8. The van der Waals surface area contributed by atoms with Gasteiger partial charge in [-0.15, -0.1) is 0 Å². The van der Waals surface area contributed by atoms with E-state index in [1.165, 1.54) is 10.7 Å². The Hall–Kier alpha value is -3.88. The van der Waals surface area contributed by atoms with Crippen LogP contribution in [-0.4, -0.2) is 30.4 Å². The number of halogens is 1. The molecule has 1 atom stereocenters. The fourth-order valence-electron chi connectivity index (χ4n) is 3.34. The Kier molecular flexibility index (Phi) is 3.32. The highest BCUT2D eigenvalue weighted by Gasteiger charge is 2.35. The van der Waals surface area contributed by atoms with Crippen molar-refractivity contribution in [2.75, 3.05) is 5.32 Å². The number of aromatic amines is 1. The number of tetrazole rings is 1. The largest absolute Gasteiger partial charge is 0.318 e. The summed E-state index contributed by atoms with van der Waals surface area (Å²) in [6.45, 7) is 0. The van der Waals surface area contributed by atoms with Crippen LogP contribution in [0.5, 0.6) is 0 Å². The molecule has 0 spiro atoms.